The molecule has 0 saturated heterocycles. The Morgan fingerprint density at radius 3 is 2.50 bits per heavy atom. The fourth-order valence-corrected chi connectivity index (χ4v) is 2.33. The number of hydrogen-bond donors (Lipinski definition) is 2. The normalized spacial score (nSPS) is 22.5. The minimum absolute atomic E-state index is 0.676. The van der Waals surface area contributed by atoms with Gasteiger partial charge in [0.15, 0.2) is 0 Å². The third-order valence-electron chi connectivity index (χ3n) is 3.07. The maximum Gasteiger partial charge on any atom is 0.0104 e. The quantitative estimate of drug-likeness (QED) is 0.671. The molecule has 1 aliphatic rings. The smallest absolute Gasteiger partial charge is 0.0104 e. The van der Waals surface area contributed by atoms with Crippen LogP contribution < -0.4 is 11.1 Å². The molecule has 1 atom stereocenters. The van der Waals surface area contributed by atoms with Crippen LogP contribution >= 0.6 is 0 Å². The first-order valence-electron chi connectivity index (χ1n) is 5.26. The Labute approximate surface area is 75.9 Å². The van der Waals surface area contributed by atoms with E-state index in [0.29, 0.717) is 6.04 Å². The van der Waals surface area contributed by atoms with Gasteiger partial charge in [-0.1, -0.05) is 19.3 Å². The summed E-state index contributed by atoms with van der Waals surface area (Å²) >= 11 is 0. The second-order valence-electron chi connectivity index (χ2n) is 3.87. The van der Waals surface area contributed by atoms with Crippen molar-refractivity contribution < 1.29 is 0 Å². The Bertz CT molecular complexity index is 106. The van der Waals surface area contributed by atoms with Crippen LogP contribution in [0.5, 0.6) is 0 Å². The summed E-state index contributed by atoms with van der Waals surface area (Å²) in [5.41, 5.74) is 5.57. The van der Waals surface area contributed by atoms with Crippen molar-refractivity contribution in [3.8, 4) is 0 Å². The highest BCUT2D eigenvalue weighted by atomic mass is 14.9. The van der Waals surface area contributed by atoms with Gasteiger partial charge in [0.2, 0.25) is 0 Å². The lowest BCUT2D eigenvalue weighted by Crippen LogP contribution is -2.36. The summed E-state index contributed by atoms with van der Waals surface area (Å²) in [5.74, 6) is 0.896. The molecular formula is C10H22N2. The van der Waals surface area contributed by atoms with Gasteiger partial charge in [0.05, 0.1) is 0 Å². The lowest BCUT2D eigenvalue weighted by atomic mass is 9.83. The van der Waals surface area contributed by atoms with E-state index in [1.165, 1.54) is 32.1 Å². The van der Waals surface area contributed by atoms with Gasteiger partial charge < -0.3 is 11.1 Å². The van der Waals surface area contributed by atoms with Crippen molar-refractivity contribution >= 4 is 0 Å². The van der Waals surface area contributed by atoms with Crippen molar-refractivity contribution in [2.45, 2.75) is 44.6 Å². The summed E-state index contributed by atoms with van der Waals surface area (Å²) in [7, 11) is 2.06. The van der Waals surface area contributed by atoms with Crippen molar-refractivity contribution in [1.82, 2.24) is 5.32 Å². The molecule has 0 aromatic heterocycles. The third kappa shape index (κ3) is 2.76. The van der Waals surface area contributed by atoms with Gasteiger partial charge in [-0.25, -0.2) is 0 Å². The first-order valence-corrected chi connectivity index (χ1v) is 5.26. The molecule has 3 N–H and O–H groups in total. The average Bonchev–Trinajstić information content (AvgIpc) is 2.15. The molecule has 0 amide bonds. The molecule has 0 bridgehead atoms. The summed E-state index contributed by atoms with van der Waals surface area (Å²) < 4.78 is 0. The maximum atomic E-state index is 5.57. The zero-order chi connectivity index (χ0) is 8.81. The Morgan fingerprint density at radius 2 is 2.00 bits per heavy atom. The number of rotatable bonds is 4. The average molecular weight is 170 g/mol. The van der Waals surface area contributed by atoms with Gasteiger partial charge in [-0.2, -0.15) is 0 Å². The number of hydrogen-bond acceptors (Lipinski definition) is 2. The molecule has 2 heteroatoms. The van der Waals surface area contributed by atoms with E-state index in [0.717, 1.165) is 18.9 Å². The SMILES string of the molecule is CN[C@H](CCN)C1CCCCC1. The van der Waals surface area contributed by atoms with Gasteiger partial charge in [-0.3, -0.25) is 0 Å². The van der Waals surface area contributed by atoms with E-state index < -0.39 is 0 Å². The molecular weight excluding hydrogens is 148 g/mol. The van der Waals surface area contributed by atoms with E-state index in [1.807, 2.05) is 0 Å². The van der Waals surface area contributed by atoms with Gasteiger partial charge in [0.25, 0.3) is 0 Å². The second kappa shape index (κ2) is 5.55. The van der Waals surface area contributed by atoms with Crippen LogP contribution in [0.1, 0.15) is 38.5 Å². The van der Waals surface area contributed by atoms with Crippen molar-refractivity contribution in [2.24, 2.45) is 11.7 Å². The van der Waals surface area contributed by atoms with Gasteiger partial charge in [-0.05, 0) is 38.8 Å². The van der Waals surface area contributed by atoms with E-state index in [1.54, 1.807) is 0 Å². The highest BCUT2D eigenvalue weighted by Crippen LogP contribution is 2.27. The Hall–Kier alpha value is -0.0800. The zero-order valence-corrected chi connectivity index (χ0v) is 8.18. The van der Waals surface area contributed by atoms with E-state index in [4.69, 9.17) is 5.73 Å². The molecule has 0 aliphatic heterocycles. The molecule has 0 radical (unpaired) electrons. The standard InChI is InChI=1S/C10H22N2/c1-12-10(7-8-11)9-5-3-2-4-6-9/h9-10,12H,2-8,11H2,1H3/t10-/m1/s1. The van der Waals surface area contributed by atoms with Crippen molar-refractivity contribution in [3.05, 3.63) is 0 Å². The highest BCUT2D eigenvalue weighted by Gasteiger charge is 2.21. The lowest BCUT2D eigenvalue weighted by molar-refractivity contribution is 0.270. The zero-order valence-electron chi connectivity index (χ0n) is 8.18. The summed E-state index contributed by atoms with van der Waals surface area (Å²) in [4.78, 5) is 0. The molecule has 1 aliphatic carbocycles. The molecule has 0 spiro atoms. The molecule has 1 fully saturated rings. The Morgan fingerprint density at radius 1 is 1.33 bits per heavy atom. The highest BCUT2D eigenvalue weighted by molar-refractivity contribution is 4.78. The van der Waals surface area contributed by atoms with Gasteiger partial charge >= 0.3 is 0 Å². The maximum absolute atomic E-state index is 5.57. The van der Waals surface area contributed by atoms with Gasteiger partial charge in [0, 0.05) is 6.04 Å². The molecule has 1 rings (SSSR count). The van der Waals surface area contributed by atoms with Crippen LogP contribution in [-0.2, 0) is 0 Å². The molecule has 2 nitrogen and oxygen atoms in total. The fraction of sp³-hybridized carbons (Fsp3) is 1.00. The molecule has 12 heavy (non-hydrogen) atoms. The minimum Gasteiger partial charge on any atom is -0.330 e. The summed E-state index contributed by atoms with van der Waals surface area (Å²) in [6.45, 7) is 0.821. The second-order valence-corrected chi connectivity index (χ2v) is 3.87. The predicted molar refractivity (Wildman–Crippen MR) is 53.1 cm³/mol. The largest absolute Gasteiger partial charge is 0.330 e. The summed E-state index contributed by atoms with van der Waals surface area (Å²) in [6, 6.07) is 0.676. The molecule has 0 aromatic rings. The first-order chi connectivity index (χ1) is 5.88. The van der Waals surface area contributed by atoms with Crippen LogP contribution in [0.2, 0.25) is 0 Å². The molecule has 0 heterocycles. The van der Waals surface area contributed by atoms with E-state index in [2.05, 4.69) is 12.4 Å². The Kier molecular flexibility index (Phi) is 4.62. The molecule has 0 aromatic carbocycles. The summed E-state index contributed by atoms with van der Waals surface area (Å²) in [6.07, 6.45) is 8.24. The Balaban J connectivity index is 2.29. The molecule has 0 unspecified atom stereocenters. The van der Waals surface area contributed by atoms with Gasteiger partial charge in [-0.15, -0.1) is 0 Å². The number of nitrogens with one attached hydrogen (secondary N) is 1. The van der Waals surface area contributed by atoms with Crippen LogP contribution in [0, 0.1) is 5.92 Å². The third-order valence-corrected chi connectivity index (χ3v) is 3.07. The first kappa shape index (κ1) is 10.0. The summed E-state index contributed by atoms with van der Waals surface area (Å²) in [5, 5.41) is 3.39. The van der Waals surface area contributed by atoms with E-state index in [-0.39, 0.29) is 0 Å². The lowest BCUT2D eigenvalue weighted by Gasteiger charge is -2.29. The van der Waals surface area contributed by atoms with E-state index >= 15 is 0 Å². The van der Waals surface area contributed by atoms with Crippen molar-refractivity contribution in [3.63, 3.8) is 0 Å². The monoisotopic (exact) mass is 170 g/mol. The topological polar surface area (TPSA) is 38.0 Å². The fourth-order valence-electron chi connectivity index (χ4n) is 2.33. The minimum atomic E-state index is 0.676. The van der Waals surface area contributed by atoms with Crippen molar-refractivity contribution in [1.29, 1.82) is 0 Å². The predicted octanol–water partition coefficient (Wildman–Crippen LogP) is 1.50. The van der Waals surface area contributed by atoms with Gasteiger partial charge in [0.1, 0.15) is 0 Å². The molecule has 72 valence electrons. The van der Waals surface area contributed by atoms with Crippen LogP contribution in [0.15, 0.2) is 0 Å². The van der Waals surface area contributed by atoms with Crippen LogP contribution in [0.3, 0.4) is 0 Å². The van der Waals surface area contributed by atoms with Crippen molar-refractivity contribution in [2.75, 3.05) is 13.6 Å². The number of nitrogens with two attached hydrogens (primary N) is 1. The van der Waals surface area contributed by atoms with Crippen LogP contribution in [0.25, 0.3) is 0 Å². The van der Waals surface area contributed by atoms with Crippen LogP contribution in [-0.4, -0.2) is 19.6 Å². The molecule has 1 saturated carbocycles. The van der Waals surface area contributed by atoms with Crippen LogP contribution in [0.4, 0.5) is 0 Å². The van der Waals surface area contributed by atoms with E-state index in [9.17, 15) is 0 Å².